The van der Waals surface area contributed by atoms with Gasteiger partial charge < -0.3 is 5.73 Å². The molecule has 0 unspecified atom stereocenters. The highest BCUT2D eigenvalue weighted by molar-refractivity contribution is 7.73. The zero-order valence-corrected chi connectivity index (χ0v) is 14.1. The van der Waals surface area contributed by atoms with E-state index in [2.05, 4.69) is 84.9 Å². The lowest BCUT2D eigenvalue weighted by Crippen LogP contribution is -2.14. The van der Waals surface area contributed by atoms with Crippen molar-refractivity contribution in [1.82, 2.24) is 0 Å². The third kappa shape index (κ3) is 4.28. The summed E-state index contributed by atoms with van der Waals surface area (Å²) in [7, 11) is -0.311. The van der Waals surface area contributed by atoms with E-state index in [1.807, 2.05) is 0 Å². The lowest BCUT2D eigenvalue weighted by atomic mass is 10.1. The average molecular weight is 319 g/mol. The molecule has 0 radical (unpaired) electrons. The first kappa shape index (κ1) is 15.9. The van der Waals surface area contributed by atoms with Crippen LogP contribution in [-0.2, 0) is 13.0 Å². The summed E-state index contributed by atoms with van der Waals surface area (Å²) in [5.74, 6) is 0. The van der Waals surface area contributed by atoms with Gasteiger partial charge >= 0.3 is 0 Å². The van der Waals surface area contributed by atoms with Gasteiger partial charge in [-0.05, 0) is 42.2 Å². The fourth-order valence-corrected chi connectivity index (χ4v) is 5.07. The van der Waals surface area contributed by atoms with Crippen LogP contribution < -0.4 is 16.3 Å². The fraction of sp³-hybridized carbons (Fsp3) is 0.143. The zero-order chi connectivity index (χ0) is 15.9. The summed E-state index contributed by atoms with van der Waals surface area (Å²) in [5.41, 5.74) is 8.26. The second kappa shape index (κ2) is 8.06. The van der Waals surface area contributed by atoms with Crippen LogP contribution >= 0.6 is 7.92 Å². The van der Waals surface area contributed by atoms with Crippen LogP contribution in [0.1, 0.15) is 11.1 Å². The number of benzene rings is 3. The molecule has 1 nitrogen and oxygen atoms in total. The van der Waals surface area contributed by atoms with Crippen molar-refractivity contribution in [1.29, 1.82) is 0 Å². The Labute approximate surface area is 139 Å². The van der Waals surface area contributed by atoms with Crippen molar-refractivity contribution < 1.29 is 0 Å². The van der Waals surface area contributed by atoms with Crippen molar-refractivity contribution in [2.75, 3.05) is 6.16 Å². The topological polar surface area (TPSA) is 26.0 Å². The molecule has 0 amide bonds. The van der Waals surface area contributed by atoms with E-state index in [1.165, 1.54) is 27.9 Å². The summed E-state index contributed by atoms with van der Waals surface area (Å²) in [6.07, 6.45) is 2.27. The van der Waals surface area contributed by atoms with Gasteiger partial charge in [0.2, 0.25) is 0 Å². The first-order valence-corrected chi connectivity index (χ1v) is 9.55. The predicted molar refractivity (Wildman–Crippen MR) is 102 cm³/mol. The summed E-state index contributed by atoms with van der Waals surface area (Å²) in [5, 5.41) is 2.90. The summed E-state index contributed by atoms with van der Waals surface area (Å²) in [6, 6.07) is 30.5. The van der Waals surface area contributed by atoms with E-state index in [9.17, 15) is 0 Å². The molecule has 3 rings (SSSR count). The summed E-state index contributed by atoms with van der Waals surface area (Å²) in [6.45, 7) is 0.612. The average Bonchev–Trinajstić information content (AvgIpc) is 2.64. The van der Waals surface area contributed by atoms with Gasteiger partial charge in [0.15, 0.2) is 0 Å². The molecule has 0 spiro atoms. The first-order chi connectivity index (χ1) is 11.4. The van der Waals surface area contributed by atoms with Gasteiger partial charge in [0, 0.05) is 6.54 Å². The van der Waals surface area contributed by atoms with E-state index in [0.717, 1.165) is 6.42 Å². The molecule has 0 aliphatic rings. The van der Waals surface area contributed by atoms with Gasteiger partial charge in [-0.3, -0.25) is 0 Å². The number of hydrogen-bond donors (Lipinski definition) is 1. The van der Waals surface area contributed by atoms with Gasteiger partial charge in [0.05, 0.1) is 0 Å². The molecule has 0 saturated heterocycles. The molecular weight excluding hydrogens is 297 g/mol. The van der Waals surface area contributed by atoms with Crippen LogP contribution in [0.2, 0.25) is 0 Å². The molecule has 0 bridgehead atoms. The van der Waals surface area contributed by atoms with Crippen molar-refractivity contribution in [3.8, 4) is 0 Å². The molecule has 0 atom stereocenters. The second-order valence-electron chi connectivity index (χ2n) is 5.59. The van der Waals surface area contributed by atoms with Crippen molar-refractivity contribution in [3.63, 3.8) is 0 Å². The van der Waals surface area contributed by atoms with E-state index in [-0.39, 0.29) is 7.92 Å². The van der Waals surface area contributed by atoms with Gasteiger partial charge in [-0.2, -0.15) is 0 Å². The fourth-order valence-electron chi connectivity index (χ4n) is 2.71. The number of hydrogen-bond acceptors (Lipinski definition) is 1. The maximum Gasteiger partial charge on any atom is 0.0178 e. The molecule has 2 heteroatoms. The molecule has 116 valence electrons. The standard InChI is InChI=1S/C21H22NP/c22-17-19-13-11-18(12-14-19)15-16-23(20-7-3-1-4-8-20)21-9-5-2-6-10-21/h1-14H,15-17,22H2. The molecule has 0 aliphatic carbocycles. The van der Waals surface area contributed by atoms with Crippen LogP contribution in [0.15, 0.2) is 84.9 Å². The molecule has 0 aliphatic heterocycles. The third-order valence-corrected chi connectivity index (χ3v) is 6.53. The minimum atomic E-state index is -0.311. The van der Waals surface area contributed by atoms with Crippen molar-refractivity contribution in [2.24, 2.45) is 5.73 Å². The monoisotopic (exact) mass is 319 g/mol. The third-order valence-electron chi connectivity index (χ3n) is 4.02. The Balaban J connectivity index is 1.79. The van der Waals surface area contributed by atoms with Gasteiger partial charge in [-0.1, -0.05) is 84.9 Å². The normalized spacial score (nSPS) is 10.9. The molecule has 0 fully saturated rings. The highest BCUT2D eigenvalue weighted by Crippen LogP contribution is 2.34. The quantitative estimate of drug-likeness (QED) is 0.687. The van der Waals surface area contributed by atoms with Crippen molar-refractivity contribution >= 4 is 18.5 Å². The van der Waals surface area contributed by atoms with Gasteiger partial charge in [-0.15, -0.1) is 0 Å². The van der Waals surface area contributed by atoms with Crippen LogP contribution in [0.4, 0.5) is 0 Å². The highest BCUT2D eigenvalue weighted by Gasteiger charge is 2.13. The van der Waals surface area contributed by atoms with E-state index in [1.54, 1.807) is 0 Å². The minimum absolute atomic E-state index is 0.311. The van der Waals surface area contributed by atoms with Crippen molar-refractivity contribution in [3.05, 3.63) is 96.1 Å². The highest BCUT2D eigenvalue weighted by atomic mass is 31.1. The zero-order valence-electron chi connectivity index (χ0n) is 13.2. The Bertz CT molecular complexity index is 668. The second-order valence-corrected chi connectivity index (χ2v) is 7.93. The van der Waals surface area contributed by atoms with E-state index in [0.29, 0.717) is 6.54 Å². The number of rotatable bonds is 6. The van der Waals surface area contributed by atoms with Crippen LogP contribution in [0.3, 0.4) is 0 Å². The lowest BCUT2D eigenvalue weighted by Gasteiger charge is -2.19. The Hall–Kier alpha value is -1.95. The molecule has 0 heterocycles. The smallest absolute Gasteiger partial charge is 0.0178 e. The van der Waals surface area contributed by atoms with Gasteiger partial charge in [-0.25, -0.2) is 0 Å². The molecule has 0 saturated carbocycles. The van der Waals surface area contributed by atoms with Gasteiger partial charge in [0.25, 0.3) is 0 Å². The molecule has 3 aromatic carbocycles. The SMILES string of the molecule is NCc1ccc(CCP(c2ccccc2)c2ccccc2)cc1. The molecule has 3 aromatic rings. The molecule has 0 aromatic heterocycles. The Kier molecular flexibility index (Phi) is 5.58. The lowest BCUT2D eigenvalue weighted by molar-refractivity contribution is 1.06. The minimum Gasteiger partial charge on any atom is -0.326 e. The summed E-state index contributed by atoms with van der Waals surface area (Å²) < 4.78 is 0. The van der Waals surface area contributed by atoms with Crippen LogP contribution in [-0.4, -0.2) is 6.16 Å². The first-order valence-electron chi connectivity index (χ1n) is 8.02. The molecular formula is C21H22NP. The van der Waals surface area contributed by atoms with Crippen LogP contribution in [0.5, 0.6) is 0 Å². The largest absolute Gasteiger partial charge is 0.326 e. The number of aryl methyl sites for hydroxylation is 1. The Morgan fingerprint density at radius 1 is 0.609 bits per heavy atom. The Morgan fingerprint density at radius 2 is 1.09 bits per heavy atom. The van der Waals surface area contributed by atoms with Gasteiger partial charge in [0.1, 0.15) is 0 Å². The summed E-state index contributed by atoms with van der Waals surface area (Å²) in [4.78, 5) is 0. The van der Waals surface area contributed by atoms with Crippen LogP contribution in [0, 0.1) is 0 Å². The predicted octanol–water partition coefficient (Wildman–Crippen LogP) is 3.82. The maximum atomic E-state index is 5.68. The maximum absolute atomic E-state index is 5.68. The van der Waals surface area contributed by atoms with Crippen LogP contribution in [0.25, 0.3) is 0 Å². The molecule has 2 N–H and O–H groups in total. The van der Waals surface area contributed by atoms with Crippen molar-refractivity contribution in [2.45, 2.75) is 13.0 Å². The summed E-state index contributed by atoms with van der Waals surface area (Å²) >= 11 is 0. The Morgan fingerprint density at radius 3 is 1.57 bits per heavy atom. The van der Waals surface area contributed by atoms with E-state index < -0.39 is 0 Å². The van der Waals surface area contributed by atoms with E-state index >= 15 is 0 Å². The molecule has 23 heavy (non-hydrogen) atoms. The van der Waals surface area contributed by atoms with E-state index in [4.69, 9.17) is 5.73 Å². The number of nitrogens with two attached hydrogens (primary N) is 1.